The summed E-state index contributed by atoms with van der Waals surface area (Å²) in [7, 11) is 0. The number of carbonyl (C=O) groups is 1. The van der Waals surface area contributed by atoms with Crippen LogP contribution in [0.3, 0.4) is 0 Å². The number of rotatable bonds is 8. The van der Waals surface area contributed by atoms with E-state index in [0.29, 0.717) is 11.6 Å². The van der Waals surface area contributed by atoms with Crippen LogP contribution in [0.25, 0.3) is 0 Å². The predicted octanol–water partition coefficient (Wildman–Crippen LogP) is 3.76. The number of benzene rings is 1. The van der Waals surface area contributed by atoms with Crippen LogP contribution in [0, 0.1) is 6.92 Å². The van der Waals surface area contributed by atoms with Crippen molar-refractivity contribution in [2.45, 2.75) is 39.5 Å². The number of unbranched alkanes of at least 4 members (excludes halogenated alkanes) is 3. The summed E-state index contributed by atoms with van der Waals surface area (Å²) in [6.07, 6.45) is 4.83. The summed E-state index contributed by atoms with van der Waals surface area (Å²) in [6, 6.07) is 5.49. The lowest BCUT2D eigenvalue weighted by molar-refractivity contribution is -0.115. The molecule has 0 radical (unpaired) electrons. The van der Waals surface area contributed by atoms with Crippen LogP contribution >= 0.6 is 11.6 Å². The largest absolute Gasteiger partial charge is 0.325 e. The minimum absolute atomic E-state index is 0.0270. The zero-order chi connectivity index (χ0) is 14.1. The number of hydrogen-bond donors (Lipinski definition) is 2. The van der Waals surface area contributed by atoms with E-state index < -0.39 is 0 Å². The SMILES string of the molecule is CCCCCCNCC(=O)Nc1cc(Cl)ccc1C. The van der Waals surface area contributed by atoms with Crippen molar-refractivity contribution in [2.75, 3.05) is 18.4 Å². The molecule has 0 aliphatic rings. The molecule has 0 aliphatic heterocycles. The highest BCUT2D eigenvalue weighted by molar-refractivity contribution is 6.31. The summed E-state index contributed by atoms with van der Waals surface area (Å²) < 4.78 is 0. The molecule has 0 spiro atoms. The van der Waals surface area contributed by atoms with Gasteiger partial charge in [-0.3, -0.25) is 4.79 Å². The van der Waals surface area contributed by atoms with Crippen molar-refractivity contribution in [3.8, 4) is 0 Å². The van der Waals surface area contributed by atoms with Gasteiger partial charge in [0.05, 0.1) is 6.54 Å². The van der Waals surface area contributed by atoms with Gasteiger partial charge in [0.1, 0.15) is 0 Å². The van der Waals surface area contributed by atoms with Gasteiger partial charge in [-0.05, 0) is 37.6 Å². The van der Waals surface area contributed by atoms with Crippen molar-refractivity contribution in [3.63, 3.8) is 0 Å². The van der Waals surface area contributed by atoms with Crippen LogP contribution in [0.5, 0.6) is 0 Å². The molecule has 4 heteroatoms. The Hall–Kier alpha value is -1.06. The second-order valence-electron chi connectivity index (χ2n) is 4.74. The molecule has 106 valence electrons. The first kappa shape index (κ1) is 16.0. The molecule has 0 bridgehead atoms. The lowest BCUT2D eigenvalue weighted by Crippen LogP contribution is -2.29. The van der Waals surface area contributed by atoms with E-state index in [9.17, 15) is 4.79 Å². The van der Waals surface area contributed by atoms with Gasteiger partial charge in [0.15, 0.2) is 0 Å². The van der Waals surface area contributed by atoms with E-state index in [2.05, 4.69) is 17.6 Å². The van der Waals surface area contributed by atoms with E-state index in [1.807, 2.05) is 19.1 Å². The van der Waals surface area contributed by atoms with Gasteiger partial charge in [-0.15, -0.1) is 0 Å². The molecule has 0 saturated carbocycles. The van der Waals surface area contributed by atoms with E-state index >= 15 is 0 Å². The summed E-state index contributed by atoms with van der Waals surface area (Å²) in [5.41, 5.74) is 1.80. The third-order valence-corrected chi connectivity index (χ3v) is 3.20. The maximum atomic E-state index is 11.7. The average Bonchev–Trinajstić information content (AvgIpc) is 2.38. The van der Waals surface area contributed by atoms with Gasteiger partial charge in [0, 0.05) is 10.7 Å². The van der Waals surface area contributed by atoms with E-state index in [1.54, 1.807) is 6.07 Å². The smallest absolute Gasteiger partial charge is 0.238 e. The van der Waals surface area contributed by atoms with Crippen LogP contribution < -0.4 is 10.6 Å². The molecule has 3 nitrogen and oxygen atoms in total. The third-order valence-electron chi connectivity index (χ3n) is 2.97. The average molecular weight is 283 g/mol. The Morgan fingerprint density at radius 1 is 1.26 bits per heavy atom. The lowest BCUT2D eigenvalue weighted by atomic mass is 10.2. The molecular formula is C15H23ClN2O. The number of amides is 1. The van der Waals surface area contributed by atoms with E-state index in [1.165, 1.54) is 19.3 Å². The minimum atomic E-state index is -0.0270. The van der Waals surface area contributed by atoms with Crippen LogP contribution in [0.1, 0.15) is 38.2 Å². The number of nitrogens with one attached hydrogen (secondary N) is 2. The first-order valence-electron chi connectivity index (χ1n) is 6.90. The van der Waals surface area contributed by atoms with Crippen molar-refractivity contribution in [2.24, 2.45) is 0 Å². The van der Waals surface area contributed by atoms with Crippen LogP contribution in [0.4, 0.5) is 5.69 Å². The normalized spacial score (nSPS) is 10.5. The summed E-state index contributed by atoms with van der Waals surface area (Å²) in [6.45, 7) is 5.37. The van der Waals surface area contributed by atoms with Gasteiger partial charge < -0.3 is 10.6 Å². The standard InChI is InChI=1S/C15H23ClN2O/c1-3-4-5-6-9-17-11-15(19)18-14-10-13(16)8-7-12(14)2/h7-8,10,17H,3-6,9,11H2,1-2H3,(H,18,19). The summed E-state index contributed by atoms with van der Waals surface area (Å²) in [5.74, 6) is -0.0270. The highest BCUT2D eigenvalue weighted by Crippen LogP contribution is 2.19. The summed E-state index contributed by atoms with van der Waals surface area (Å²) in [4.78, 5) is 11.7. The monoisotopic (exact) mass is 282 g/mol. The Bertz CT molecular complexity index is 407. The first-order valence-corrected chi connectivity index (χ1v) is 7.28. The van der Waals surface area contributed by atoms with Gasteiger partial charge in [-0.25, -0.2) is 0 Å². The lowest BCUT2D eigenvalue weighted by Gasteiger charge is -2.09. The molecule has 0 fully saturated rings. The van der Waals surface area contributed by atoms with Gasteiger partial charge in [-0.2, -0.15) is 0 Å². The second-order valence-corrected chi connectivity index (χ2v) is 5.18. The fourth-order valence-corrected chi connectivity index (χ4v) is 1.97. The van der Waals surface area contributed by atoms with Gasteiger partial charge in [0.25, 0.3) is 0 Å². The zero-order valence-corrected chi connectivity index (χ0v) is 12.5. The molecule has 0 aromatic heterocycles. The minimum Gasteiger partial charge on any atom is -0.325 e. The molecule has 0 aliphatic carbocycles. The highest BCUT2D eigenvalue weighted by Gasteiger charge is 2.04. The Balaban J connectivity index is 2.25. The van der Waals surface area contributed by atoms with Crippen molar-refractivity contribution in [1.82, 2.24) is 5.32 Å². The maximum Gasteiger partial charge on any atom is 0.238 e. The molecule has 1 amide bonds. The predicted molar refractivity (Wildman–Crippen MR) is 81.8 cm³/mol. The molecule has 1 aromatic carbocycles. The number of carbonyl (C=O) groups excluding carboxylic acids is 1. The van der Waals surface area contributed by atoms with Crippen molar-refractivity contribution in [3.05, 3.63) is 28.8 Å². The van der Waals surface area contributed by atoms with Crippen LogP contribution in [0.2, 0.25) is 5.02 Å². The van der Waals surface area contributed by atoms with Crippen LogP contribution in [0.15, 0.2) is 18.2 Å². The molecule has 0 heterocycles. The topological polar surface area (TPSA) is 41.1 Å². The number of anilines is 1. The summed E-state index contributed by atoms with van der Waals surface area (Å²) in [5, 5.41) is 6.65. The van der Waals surface area contributed by atoms with Crippen molar-refractivity contribution >= 4 is 23.2 Å². The molecule has 2 N–H and O–H groups in total. The van der Waals surface area contributed by atoms with Gasteiger partial charge >= 0.3 is 0 Å². The maximum absolute atomic E-state index is 11.7. The van der Waals surface area contributed by atoms with Crippen LogP contribution in [-0.2, 0) is 4.79 Å². The van der Waals surface area contributed by atoms with E-state index in [4.69, 9.17) is 11.6 Å². The second kappa shape index (κ2) is 8.94. The Kier molecular flexibility index (Phi) is 7.53. The Labute approximate surface area is 120 Å². The van der Waals surface area contributed by atoms with E-state index in [0.717, 1.165) is 24.2 Å². The van der Waals surface area contributed by atoms with Crippen LogP contribution in [-0.4, -0.2) is 19.0 Å². The first-order chi connectivity index (χ1) is 9.13. The molecule has 0 unspecified atom stereocenters. The zero-order valence-electron chi connectivity index (χ0n) is 11.8. The fourth-order valence-electron chi connectivity index (χ4n) is 1.80. The fraction of sp³-hybridized carbons (Fsp3) is 0.533. The van der Waals surface area contributed by atoms with E-state index in [-0.39, 0.29) is 5.91 Å². The molecule has 1 rings (SSSR count). The third kappa shape index (κ3) is 6.60. The number of halogens is 1. The molecular weight excluding hydrogens is 260 g/mol. The van der Waals surface area contributed by atoms with Gasteiger partial charge in [-0.1, -0.05) is 43.9 Å². The number of aryl methyl sites for hydroxylation is 1. The quantitative estimate of drug-likeness (QED) is 0.713. The van der Waals surface area contributed by atoms with Crippen molar-refractivity contribution < 1.29 is 4.79 Å². The molecule has 19 heavy (non-hydrogen) atoms. The molecule has 0 saturated heterocycles. The highest BCUT2D eigenvalue weighted by atomic mass is 35.5. The Morgan fingerprint density at radius 2 is 2.05 bits per heavy atom. The van der Waals surface area contributed by atoms with Gasteiger partial charge in [0.2, 0.25) is 5.91 Å². The number of hydrogen-bond acceptors (Lipinski definition) is 2. The summed E-state index contributed by atoms with van der Waals surface area (Å²) >= 11 is 5.91. The Morgan fingerprint density at radius 3 is 2.79 bits per heavy atom. The molecule has 0 atom stereocenters. The molecule has 1 aromatic rings. The van der Waals surface area contributed by atoms with Crippen molar-refractivity contribution in [1.29, 1.82) is 0 Å².